The van der Waals surface area contributed by atoms with Crippen molar-refractivity contribution in [3.63, 3.8) is 0 Å². The van der Waals surface area contributed by atoms with E-state index in [2.05, 4.69) is 40.5 Å². The Morgan fingerprint density at radius 3 is 2.96 bits per heavy atom. The van der Waals surface area contributed by atoms with Crippen LogP contribution >= 0.6 is 11.3 Å². The minimum Gasteiger partial charge on any atom is -0.353 e. The molecule has 2 unspecified atom stereocenters. The third kappa shape index (κ3) is 2.22. The molecule has 0 radical (unpaired) electrons. The first-order valence-corrected chi connectivity index (χ1v) is 9.69. The third-order valence-electron chi connectivity index (χ3n) is 5.53. The number of fused-ring (bicyclic) bond motifs is 4. The summed E-state index contributed by atoms with van der Waals surface area (Å²) in [6, 6.07) is 8.33. The molecule has 0 fully saturated rings. The van der Waals surface area contributed by atoms with E-state index in [-0.39, 0.29) is 12.1 Å². The SMILES string of the molecule is CC1CCc2c(sc3c2C(=O)NC(c2cn(C)c4ccccc24)N3)C1. The zero-order chi connectivity index (χ0) is 17.1. The number of benzene rings is 1. The van der Waals surface area contributed by atoms with E-state index in [1.807, 2.05) is 19.2 Å². The lowest BCUT2D eigenvalue weighted by Gasteiger charge is -2.26. The predicted octanol–water partition coefficient (Wildman–Crippen LogP) is 4.22. The van der Waals surface area contributed by atoms with Crippen molar-refractivity contribution >= 4 is 33.1 Å². The maximum Gasteiger partial charge on any atom is 0.256 e. The number of carbonyl (C=O) groups excluding carboxylic acids is 1. The van der Waals surface area contributed by atoms with Gasteiger partial charge in [0.15, 0.2) is 0 Å². The summed E-state index contributed by atoms with van der Waals surface area (Å²) in [7, 11) is 2.05. The Labute approximate surface area is 150 Å². The largest absolute Gasteiger partial charge is 0.353 e. The lowest BCUT2D eigenvalue weighted by Crippen LogP contribution is -2.38. The predicted molar refractivity (Wildman–Crippen MR) is 102 cm³/mol. The van der Waals surface area contributed by atoms with Crippen LogP contribution in [0.15, 0.2) is 30.5 Å². The van der Waals surface area contributed by atoms with Gasteiger partial charge in [-0.3, -0.25) is 4.79 Å². The first-order valence-electron chi connectivity index (χ1n) is 8.87. The molecule has 5 heteroatoms. The molecule has 2 aliphatic rings. The van der Waals surface area contributed by atoms with Gasteiger partial charge in [-0.25, -0.2) is 0 Å². The molecule has 25 heavy (non-hydrogen) atoms. The van der Waals surface area contributed by atoms with Crippen LogP contribution in [0.4, 0.5) is 5.00 Å². The normalized spacial score (nSPS) is 22.2. The van der Waals surface area contributed by atoms with Crippen LogP contribution in [0.5, 0.6) is 0 Å². The van der Waals surface area contributed by atoms with Gasteiger partial charge in [0, 0.05) is 34.6 Å². The number of anilines is 1. The number of aryl methyl sites for hydroxylation is 1. The molecule has 0 bridgehead atoms. The van der Waals surface area contributed by atoms with E-state index in [0.717, 1.165) is 29.0 Å². The number of hydrogen-bond donors (Lipinski definition) is 2. The second-order valence-electron chi connectivity index (χ2n) is 7.32. The Bertz CT molecular complexity index is 1000. The highest BCUT2D eigenvalue weighted by Gasteiger charge is 2.33. The maximum atomic E-state index is 12.9. The Morgan fingerprint density at radius 1 is 1.24 bits per heavy atom. The highest BCUT2D eigenvalue weighted by Crippen LogP contribution is 2.43. The average molecular weight is 351 g/mol. The molecular weight excluding hydrogens is 330 g/mol. The molecule has 4 nitrogen and oxygen atoms in total. The van der Waals surface area contributed by atoms with Gasteiger partial charge >= 0.3 is 0 Å². The fraction of sp³-hybridized carbons (Fsp3) is 0.350. The van der Waals surface area contributed by atoms with Crippen molar-refractivity contribution in [2.45, 2.75) is 32.4 Å². The highest BCUT2D eigenvalue weighted by atomic mass is 32.1. The van der Waals surface area contributed by atoms with Gasteiger partial charge in [-0.1, -0.05) is 25.1 Å². The first kappa shape index (κ1) is 15.0. The molecule has 0 saturated carbocycles. The van der Waals surface area contributed by atoms with Crippen LogP contribution in [0.2, 0.25) is 0 Å². The molecule has 3 aromatic rings. The van der Waals surface area contributed by atoms with Gasteiger partial charge in [0.1, 0.15) is 11.2 Å². The number of carbonyl (C=O) groups is 1. The smallest absolute Gasteiger partial charge is 0.256 e. The number of para-hydroxylation sites is 1. The van der Waals surface area contributed by atoms with E-state index >= 15 is 0 Å². The number of hydrogen-bond acceptors (Lipinski definition) is 3. The number of thiophene rings is 1. The van der Waals surface area contributed by atoms with E-state index in [1.165, 1.54) is 27.8 Å². The van der Waals surface area contributed by atoms with Gasteiger partial charge in [-0.15, -0.1) is 11.3 Å². The number of nitrogens with zero attached hydrogens (tertiary/aromatic N) is 1. The number of rotatable bonds is 1. The molecule has 1 amide bonds. The van der Waals surface area contributed by atoms with Gasteiger partial charge in [0.05, 0.1) is 5.56 Å². The molecule has 1 aliphatic heterocycles. The number of amides is 1. The van der Waals surface area contributed by atoms with Gasteiger partial charge in [-0.2, -0.15) is 0 Å². The molecule has 1 aromatic carbocycles. The summed E-state index contributed by atoms with van der Waals surface area (Å²) in [5.74, 6) is 0.781. The number of aromatic nitrogens is 1. The Hall–Kier alpha value is -2.27. The van der Waals surface area contributed by atoms with Gasteiger partial charge in [-0.05, 0) is 36.8 Å². The summed E-state index contributed by atoms with van der Waals surface area (Å²) in [6.45, 7) is 2.30. The number of nitrogens with one attached hydrogen (secondary N) is 2. The van der Waals surface area contributed by atoms with Crippen LogP contribution in [-0.2, 0) is 19.9 Å². The van der Waals surface area contributed by atoms with Gasteiger partial charge in [0.2, 0.25) is 0 Å². The second kappa shape index (κ2) is 5.36. The van der Waals surface area contributed by atoms with Crippen molar-refractivity contribution in [2.75, 3.05) is 5.32 Å². The van der Waals surface area contributed by atoms with Crippen molar-refractivity contribution in [1.82, 2.24) is 9.88 Å². The lowest BCUT2D eigenvalue weighted by molar-refractivity contribution is 0.0935. The molecule has 0 saturated heterocycles. The summed E-state index contributed by atoms with van der Waals surface area (Å²) in [5.41, 5.74) is 4.47. The van der Waals surface area contributed by atoms with Crippen LogP contribution in [0.1, 0.15) is 45.9 Å². The van der Waals surface area contributed by atoms with Crippen LogP contribution in [0, 0.1) is 5.92 Å². The minimum absolute atomic E-state index is 0.0683. The van der Waals surface area contributed by atoms with Crippen LogP contribution < -0.4 is 10.6 Å². The van der Waals surface area contributed by atoms with Crippen LogP contribution in [0.3, 0.4) is 0 Å². The van der Waals surface area contributed by atoms with E-state index in [0.29, 0.717) is 5.92 Å². The Morgan fingerprint density at radius 2 is 2.08 bits per heavy atom. The fourth-order valence-corrected chi connectivity index (χ4v) is 5.66. The molecule has 5 rings (SSSR count). The lowest BCUT2D eigenvalue weighted by atomic mass is 9.88. The van der Waals surface area contributed by atoms with Crippen molar-refractivity contribution in [1.29, 1.82) is 0 Å². The zero-order valence-electron chi connectivity index (χ0n) is 14.4. The monoisotopic (exact) mass is 351 g/mol. The summed E-state index contributed by atoms with van der Waals surface area (Å²) in [5, 5.41) is 9.00. The zero-order valence-corrected chi connectivity index (χ0v) is 15.2. The van der Waals surface area contributed by atoms with Gasteiger partial charge in [0.25, 0.3) is 5.91 Å². The molecule has 1 aliphatic carbocycles. The Kier molecular flexibility index (Phi) is 3.22. The molecule has 3 heterocycles. The van der Waals surface area contributed by atoms with E-state index in [1.54, 1.807) is 11.3 Å². The van der Waals surface area contributed by atoms with Crippen molar-refractivity contribution < 1.29 is 4.79 Å². The summed E-state index contributed by atoms with van der Waals surface area (Å²) >= 11 is 1.78. The van der Waals surface area contributed by atoms with Crippen LogP contribution in [-0.4, -0.2) is 10.5 Å². The third-order valence-corrected chi connectivity index (χ3v) is 6.71. The van der Waals surface area contributed by atoms with Gasteiger partial charge < -0.3 is 15.2 Å². The quantitative estimate of drug-likeness (QED) is 0.689. The van der Waals surface area contributed by atoms with E-state index in [9.17, 15) is 4.79 Å². The molecule has 0 spiro atoms. The minimum atomic E-state index is -0.177. The van der Waals surface area contributed by atoms with E-state index < -0.39 is 0 Å². The maximum absolute atomic E-state index is 12.9. The van der Waals surface area contributed by atoms with E-state index in [4.69, 9.17) is 0 Å². The summed E-state index contributed by atoms with van der Waals surface area (Å²) in [6.07, 6.45) is 5.24. The highest BCUT2D eigenvalue weighted by molar-refractivity contribution is 7.16. The molecule has 2 aromatic heterocycles. The first-order chi connectivity index (χ1) is 12.1. The van der Waals surface area contributed by atoms with Crippen molar-refractivity contribution in [2.24, 2.45) is 13.0 Å². The molecular formula is C20H21N3OS. The average Bonchev–Trinajstić information content (AvgIpc) is 3.12. The van der Waals surface area contributed by atoms with Crippen LogP contribution in [0.25, 0.3) is 10.9 Å². The molecule has 2 N–H and O–H groups in total. The topological polar surface area (TPSA) is 46.1 Å². The van der Waals surface area contributed by atoms with Crippen molar-refractivity contribution in [3.05, 3.63) is 52.0 Å². The molecule has 2 atom stereocenters. The Balaban J connectivity index is 1.58. The summed E-state index contributed by atoms with van der Waals surface area (Å²) in [4.78, 5) is 14.3. The fourth-order valence-electron chi connectivity index (χ4n) is 4.22. The van der Waals surface area contributed by atoms with Crippen molar-refractivity contribution in [3.8, 4) is 0 Å². The second-order valence-corrected chi connectivity index (χ2v) is 8.42. The summed E-state index contributed by atoms with van der Waals surface area (Å²) < 4.78 is 2.12. The molecule has 128 valence electrons. The standard InChI is InChI=1S/C20H21N3OS/c1-11-7-8-13-16(9-11)25-20-17(13)19(24)21-18(22-20)14-10-23(2)15-6-4-3-5-12(14)15/h3-6,10-11,18,22H,7-9H2,1-2H3,(H,21,24).